The Kier molecular flexibility index (Phi) is 5.35. The molecule has 8 heteroatoms. The van der Waals surface area contributed by atoms with Gasteiger partial charge in [0.2, 0.25) is 0 Å². The fourth-order valence-electron chi connectivity index (χ4n) is 2.76. The van der Waals surface area contributed by atoms with Gasteiger partial charge in [0.1, 0.15) is 23.8 Å². The summed E-state index contributed by atoms with van der Waals surface area (Å²) in [6.45, 7) is 1.91. The second-order valence-electron chi connectivity index (χ2n) is 6.27. The molecule has 0 unspecified atom stereocenters. The highest BCUT2D eigenvalue weighted by Gasteiger charge is 2.07. The number of hydrogen-bond donors (Lipinski definition) is 2. The van der Waals surface area contributed by atoms with Crippen LogP contribution in [0, 0.1) is 6.92 Å². The number of carbonyl (C=O) groups excluding carboxylic acids is 1. The maximum Gasteiger partial charge on any atom is 0.255 e. The first-order valence-electron chi connectivity index (χ1n) is 8.85. The van der Waals surface area contributed by atoms with Gasteiger partial charge in [-0.1, -0.05) is 15.9 Å². The molecule has 7 nitrogen and oxygen atoms in total. The zero-order valence-electron chi connectivity index (χ0n) is 15.5. The first-order valence-corrected chi connectivity index (χ1v) is 9.64. The predicted octanol–water partition coefficient (Wildman–Crippen LogP) is 4.73. The molecule has 4 aromatic rings. The van der Waals surface area contributed by atoms with Crippen molar-refractivity contribution in [2.24, 2.45) is 0 Å². The van der Waals surface area contributed by atoms with Crippen LogP contribution in [-0.4, -0.2) is 25.4 Å². The summed E-state index contributed by atoms with van der Waals surface area (Å²) >= 11 is 3.36. The van der Waals surface area contributed by atoms with E-state index in [0.29, 0.717) is 17.1 Å². The molecule has 1 amide bonds. The minimum Gasteiger partial charge on any atom is -0.340 e. The van der Waals surface area contributed by atoms with Crippen molar-refractivity contribution in [3.8, 4) is 5.82 Å². The van der Waals surface area contributed by atoms with E-state index in [9.17, 15) is 4.79 Å². The molecule has 144 valence electrons. The van der Waals surface area contributed by atoms with Gasteiger partial charge in [0.05, 0.1) is 0 Å². The van der Waals surface area contributed by atoms with Crippen molar-refractivity contribution in [3.63, 3.8) is 0 Å². The molecule has 0 bridgehead atoms. The van der Waals surface area contributed by atoms with Crippen LogP contribution in [0.5, 0.6) is 0 Å². The Balaban J connectivity index is 1.44. The van der Waals surface area contributed by atoms with Gasteiger partial charge in [-0.3, -0.25) is 9.36 Å². The van der Waals surface area contributed by atoms with Crippen LogP contribution in [0.25, 0.3) is 5.82 Å². The second-order valence-corrected chi connectivity index (χ2v) is 7.18. The highest BCUT2D eigenvalue weighted by atomic mass is 79.9. The normalized spacial score (nSPS) is 10.6. The van der Waals surface area contributed by atoms with Crippen molar-refractivity contribution in [1.82, 2.24) is 19.5 Å². The highest BCUT2D eigenvalue weighted by molar-refractivity contribution is 9.10. The first-order chi connectivity index (χ1) is 14.1. The predicted molar refractivity (Wildman–Crippen MR) is 116 cm³/mol. The van der Waals surface area contributed by atoms with E-state index in [-0.39, 0.29) is 5.91 Å². The molecule has 2 N–H and O–H groups in total. The number of rotatable bonds is 5. The van der Waals surface area contributed by atoms with Gasteiger partial charge >= 0.3 is 0 Å². The average Bonchev–Trinajstić information content (AvgIpc) is 3.16. The number of nitrogens with zero attached hydrogens (tertiary/aromatic N) is 4. The van der Waals surface area contributed by atoms with E-state index in [1.54, 1.807) is 18.3 Å². The fraction of sp³-hybridized carbons (Fsp3) is 0.0476. The Morgan fingerprint density at radius 2 is 1.69 bits per heavy atom. The summed E-state index contributed by atoms with van der Waals surface area (Å²) in [4.78, 5) is 25.1. The van der Waals surface area contributed by atoms with Crippen molar-refractivity contribution in [2.75, 3.05) is 10.6 Å². The summed E-state index contributed by atoms with van der Waals surface area (Å²) < 4.78 is 2.81. The van der Waals surface area contributed by atoms with Gasteiger partial charge in [0.15, 0.2) is 0 Å². The van der Waals surface area contributed by atoms with E-state index in [2.05, 4.69) is 41.5 Å². The lowest BCUT2D eigenvalue weighted by Gasteiger charge is -2.10. The summed E-state index contributed by atoms with van der Waals surface area (Å²) in [7, 11) is 0. The van der Waals surface area contributed by atoms with Crippen molar-refractivity contribution in [2.45, 2.75) is 6.92 Å². The Morgan fingerprint density at radius 1 is 0.966 bits per heavy atom. The Bertz CT molecular complexity index is 1140. The first kappa shape index (κ1) is 18.8. The van der Waals surface area contributed by atoms with Crippen LogP contribution >= 0.6 is 15.9 Å². The number of aromatic nitrogens is 4. The number of amides is 1. The average molecular weight is 449 g/mol. The second kappa shape index (κ2) is 8.24. The van der Waals surface area contributed by atoms with Crippen molar-refractivity contribution in [1.29, 1.82) is 0 Å². The maximum atomic E-state index is 12.3. The smallest absolute Gasteiger partial charge is 0.255 e. The minimum absolute atomic E-state index is 0.158. The molecule has 2 heterocycles. The minimum atomic E-state index is -0.158. The molecule has 29 heavy (non-hydrogen) atoms. The van der Waals surface area contributed by atoms with E-state index in [4.69, 9.17) is 0 Å². The van der Waals surface area contributed by atoms with E-state index in [0.717, 1.165) is 21.8 Å². The number of aryl methyl sites for hydroxylation is 1. The molecule has 2 aromatic carbocycles. The van der Waals surface area contributed by atoms with Gasteiger partial charge < -0.3 is 10.6 Å². The monoisotopic (exact) mass is 448 g/mol. The molecule has 0 aliphatic heterocycles. The molecule has 4 rings (SSSR count). The molecule has 0 saturated heterocycles. The molecule has 0 aliphatic rings. The number of imidazole rings is 1. The molecule has 0 atom stereocenters. The largest absolute Gasteiger partial charge is 0.340 e. The van der Waals surface area contributed by atoms with E-state index >= 15 is 0 Å². The third kappa shape index (κ3) is 4.49. The Morgan fingerprint density at radius 3 is 2.38 bits per heavy atom. The van der Waals surface area contributed by atoms with Crippen molar-refractivity contribution >= 4 is 39.0 Å². The van der Waals surface area contributed by atoms with Crippen LogP contribution in [-0.2, 0) is 0 Å². The molecule has 0 saturated carbocycles. The van der Waals surface area contributed by atoms with Gasteiger partial charge in [-0.25, -0.2) is 15.0 Å². The summed E-state index contributed by atoms with van der Waals surface area (Å²) in [6, 6.07) is 16.5. The molecule has 0 aliphatic carbocycles. The van der Waals surface area contributed by atoms with Crippen molar-refractivity contribution in [3.05, 3.63) is 89.2 Å². The number of hydrogen-bond acceptors (Lipinski definition) is 5. The quantitative estimate of drug-likeness (QED) is 0.460. The highest BCUT2D eigenvalue weighted by Crippen LogP contribution is 2.20. The summed E-state index contributed by atoms with van der Waals surface area (Å²) in [5.41, 5.74) is 2.15. The third-order valence-corrected chi connectivity index (χ3v) is 4.78. The maximum absolute atomic E-state index is 12.3. The van der Waals surface area contributed by atoms with E-state index in [1.165, 1.54) is 6.33 Å². The summed E-state index contributed by atoms with van der Waals surface area (Å²) in [6.07, 6.45) is 5.08. The topological polar surface area (TPSA) is 84.7 Å². The fourth-order valence-corrected chi connectivity index (χ4v) is 3.02. The molecular formula is C21H17BrN6O. The number of anilines is 3. The van der Waals surface area contributed by atoms with Crippen LogP contribution < -0.4 is 10.6 Å². The molecule has 2 aromatic heterocycles. The van der Waals surface area contributed by atoms with Gasteiger partial charge in [-0.05, 0) is 55.5 Å². The SMILES string of the molecule is Cc1nccn1-c1cc(Nc2ccc(NC(=O)c3ccc(Br)cc3)cc2)ncn1. The zero-order chi connectivity index (χ0) is 20.2. The molecular weight excluding hydrogens is 432 g/mol. The van der Waals surface area contributed by atoms with Crippen LogP contribution in [0.15, 0.2) is 77.8 Å². The third-order valence-electron chi connectivity index (χ3n) is 4.25. The van der Waals surface area contributed by atoms with Gasteiger partial charge in [-0.2, -0.15) is 0 Å². The summed E-state index contributed by atoms with van der Waals surface area (Å²) in [5.74, 6) is 2.08. The number of carbonyl (C=O) groups is 1. The lowest BCUT2D eigenvalue weighted by molar-refractivity contribution is 0.102. The molecule has 0 radical (unpaired) electrons. The molecule has 0 fully saturated rings. The lowest BCUT2D eigenvalue weighted by atomic mass is 10.2. The van der Waals surface area contributed by atoms with E-state index < -0.39 is 0 Å². The standard InChI is InChI=1S/C21H17BrN6O/c1-14-23-10-11-28(14)20-12-19(24-13-25-20)26-17-6-8-18(9-7-17)27-21(29)15-2-4-16(22)5-3-15/h2-13H,1H3,(H,27,29)(H,24,25,26). The molecule has 0 spiro atoms. The van der Waals surface area contributed by atoms with Crippen LogP contribution in [0.2, 0.25) is 0 Å². The van der Waals surface area contributed by atoms with Crippen molar-refractivity contribution < 1.29 is 4.79 Å². The number of benzene rings is 2. The van der Waals surface area contributed by atoms with Gasteiger partial charge in [-0.15, -0.1) is 0 Å². The van der Waals surface area contributed by atoms with E-state index in [1.807, 2.05) is 60.2 Å². The van der Waals surface area contributed by atoms with Gasteiger partial charge in [0.25, 0.3) is 5.91 Å². The Labute approximate surface area is 176 Å². The lowest BCUT2D eigenvalue weighted by Crippen LogP contribution is -2.11. The van der Waals surface area contributed by atoms with Gasteiger partial charge in [0, 0.05) is 39.9 Å². The number of halogens is 1. The van der Waals surface area contributed by atoms with Crippen LogP contribution in [0.1, 0.15) is 16.2 Å². The van der Waals surface area contributed by atoms with Crippen LogP contribution in [0.3, 0.4) is 0 Å². The zero-order valence-corrected chi connectivity index (χ0v) is 17.1. The summed E-state index contributed by atoms with van der Waals surface area (Å²) in [5, 5.41) is 6.13. The Hall–Kier alpha value is -3.52. The van der Waals surface area contributed by atoms with Crippen LogP contribution in [0.4, 0.5) is 17.2 Å². The number of nitrogens with one attached hydrogen (secondary N) is 2.